The molecule has 1 heterocycles. The number of hydrogen-bond acceptors (Lipinski definition) is 1. The molecule has 17 heavy (non-hydrogen) atoms. The second kappa shape index (κ2) is 3.61. The number of aryl methyl sites for hydroxylation is 1. The summed E-state index contributed by atoms with van der Waals surface area (Å²) in [5.74, 6) is -0.211. The van der Waals surface area contributed by atoms with Crippen molar-refractivity contribution >= 4 is 16.8 Å². The van der Waals surface area contributed by atoms with E-state index in [1.807, 2.05) is 0 Å². The average molecular weight is 241 g/mol. The molecular formula is C12H10F3NO. The molecule has 0 aliphatic heterocycles. The first-order valence-corrected chi connectivity index (χ1v) is 5.01. The number of rotatable bonds is 0. The molecule has 1 aromatic heterocycles. The maximum atomic E-state index is 12.5. The van der Waals surface area contributed by atoms with Crippen molar-refractivity contribution in [2.24, 2.45) is 0 Å². The SMILES string of the molecule is CC(=O)n1c(C)cc2cc(C(F)(F)F)ccc21. The van der Waals surface area contributed by atoms with Gasteiger partial charge in [0.25, 0.3) is 0 Å². The van der Waals surface area contributed by atoms with Gasteiger partial charge in [-0.1, -0.05) is 0 Å². The van der Waals surface area contributed by atoms with E-state index in [9.17, 15) is 18.0 Å². The minimum Gasteiger partial charge on any atom is -0.285 e. The van der Waals surface area contributed by atoms with Crippen LogP contribution >= 0.6 is 0 Å². The normalized spacial score (nSPS) is 12.1. The topological polar surface area (TPSA) is 22.0 Å². The Morgan fingerprint density at radius 2 is 1.88 bits per heavy atom. The highest BCUT2D eigenvalue weighted by atomic mass is 19.4. The molecule has 0 fully saturated rings. The van der Waals surface area contributed by atoms with Gasteiger partial charge in [-0.15, -0.1) is 0 Å². The van der Waals surface area contributed by atoms with Gasteiger partial charge in [0.05, 0.1) is 11.1 Å². The van der Waals surface area contributed by atoms with E-state index in [0.29, 0.717) is 16.6 Å². The van der Waals surface area contributed by atoms with Crippen molar-refractivity contribution in [1.29, 1.82) is 0 Å². The third-order valence-electron chi connectivity index (χ3n) is 2.63. The number of aromatic nitrogens is 1. The molecule has 1 aromatic carbocycles. The molecule has 0 aliphatic carbocycles. The maximum Gasteiger partial charge on any atom is 0.416 e. The number of alkyl halides is 3. The summed E-state index contributed by atoms with van der Waals surface area (Å²) in [5, 5.41) is 0.424. The average Bonchev–Trinajstić information content (AvgIpc) is 2.50. The smallest absolute Gasteiger partial charge is 0.285 e. The fraction of sp³-hybridized carbons (Fsp3) is 0.250. The second-order valence-corrected chi connectivity index (χ2v) is 3.91. The van der Waals surface area contributed by atoms with Crippen LogP contribution in [0.2, 0.25) is 0 Å². The summed E-state index contributed by atoms with van der Waals surface area (Å²) >= 11 is 0. The van der Waals surface area contributed by atoms with E-state index in [0.717, 1.165) is 12.1 Å². The minimum absolute atomic E-state index is 0.211. The van der Waals surface area contributed by atoms with Crippen LogP contribution in [0.3, 0.4) is 0 Å². The van der Waals surface area contributed by atoms with Crippen molar-refractivity contribution in [2.75, 3.05) is 0 Å². The zero-order valence-corrected chi connectivity index (χ0v) is 9.30. The molecule has 2 aromatic rings. The summed E-state index contributed by atoms with van der Waals surface area (Å²) in [4.78, 5) is 11.4. The van der Waals surface area contributed by atoms with Gasteiger partial charge in [-0.05, 0) is 31.2 Å². The number of carbonyl (C=O) groups excluding carboxylic acids is 1. The molecule has 0 saturated heterocycles. The number of halogens is 3. The van der Waals surface area contributed by atoms with Crippen LogP contribution < -0.4 is 0 Å². The van der Waals surface area contributed by atoms with Crippen molar-refractivity contribution in [3.63, 3.8) is 0 Å². The minimum atomic E-state index is -4.36. The highest BCUT2D eigenvalue weighted by Crippen LogP contribution is 2.32. The number of hydrogen-bond donors (Lipinski definition) is 0. The van der Waals surface area contributed by atoms with Gasteiger partial charge in [0.15, 0.2) is 0 Å². The fourth-order valence-corrected chi connectivity index (χ4v) is 1.95. The van der Waals surface area contributed by atoms with Crippen LogP contribution in [0.15, 0.2) is 24.3 Å². The number of nitrogens with zero attached hydrogens (tertiary/aromatic N) is 1. The molecule has 2 rings (SSSR count). The zero-order valence-electron chi connectivity index (χ0n) is 9.30. The van der Waals surface area contributed by atoms with E-state index in [1.165, 1.54) is 17.6 Å². The predicted molar refractivity (Wildman–Crippen MR) is 58.0 cm³/mol. The van der Waals surface area contributed by atoms with E-state index in [-0.39, 0.29) is 5.91 Å². The van der Waals surface area contributed by atoms with Crippen molar-refractivity contribution in [3.05, 3.63) is 35.5 Å². The van der Waals surface area contributed by atoms with Crippen LogP contribution in [0.4, 0.5) is 13.2 Å². The number of fused-ring (bicyclic) bond motifs is 1. The van der Waals surface area contributed by atoms with Crippen LogP contribution in [0.5, 0.6) is 0 Å². The largest absolute Gasteiger partial charge is 0.416 e. The van der Waals surface area contributed by atoms with Gasteiger partial charge in [0.1, 0.15) is 0 Å². The fourth-order valence-electron chi connectivity index (χ4n) is 1.95. The Labute approximate surface area is 95.7 Å². The molecule has 2 nitrogen and oxygen atoms in total. The Bertz CT molecular complexity index is 596. The number of carbonyl (C=O) groups is 1. The predicted octanol–water partition coefficient (Wildman–Crippen LogP) is 3.63. The molecule has 0 atom stereocenters. The highest BCUT2D eigenvalue weighted by Gasteiger charge is 2.30. The molecule has 0 spiro atoms. The summed E-state index contributed by atoms with van der Waals surface area (Å²) in [6.07, 6.45) is -4.36. The van der Waals surface area contributed by atoms with Crippen LogP contribution in [0.25, 0.3) is 10.9 Å². The lowest BCUT2D eigenvalue weighted by Crippen LogP contribution is -2.07. The second-order valence-electron chi connectivity index (χ2n) is 3.91. The molecule has 0 unspecified atom stereocenters. The summed E-state index contributed by atoms with van der Waals surface area (Å²) in [6.45, 7) is 3.07. The first-order valence-electron chi connectivity index (χ1n) is 5.01. The Hall–Kier alpha value is -1.78. The number of benzene rings is 1. The maximum absolute atomic E-state index is 12.5. The molecule has 0 radical (unpaired) electrons. The van der Waals surface area contributed by atoms with Gasteiger partial charge in [-0.25, -0.2) is 0 Å². The highest BCUT2D eigenvalue weighted by molar-refractivity contribution is 5.93. The molecule has 5 heteroatoms. The third kappa shape index (κ3) is 1.92. The summed E-state index contributed by atoms with van der Waals surface area (Å²) in [5.41, 5.74) is 0.431. The lowest BCUT2D eigenvalue weighted by Gasteiger charge is -2.07. The van der Waals surface area contributed by atoms with E-state index < -0.39 is 11.7 Å². The van der Waals surface area contributed by atoms with E-state index in [4.69, 9.17) is 0 Å². The molecule has 0 saturated carbocycles. The zero-order chi connectivity index (χ0) is 12.8. The van der Waals surface area contributed by atoms with Crippen molar-refractivity contribution in [3.8, 4) is 0 Å². The first-order chi connectivity index (χ1) is 7.80. The Kier molecular flexibility index (Phi) is 2.49. The van der Waals surface area contributed by atoms with Gasteiger partial charge in [0.2, 0.25) is 5.91 Å². The van der Waals surface area contributed by atoms with Crippen molar-refractivity contribution < 1.29 is 18.0 Å². The molecule has 0 N–H and O–H groups in total. The van der Waals surface area contributed by atoms with E-state index in [1.54, 1.807) is 13.0 Å². The van der Waals surface area contributed by atoms with Crippen LogP contribution in [0.1, 0.15) is 23.0 Å². The Morgan fingerprint density at radius 1 is 1.24 bits per heavy atom. The Balaban J connectivity index is 2.70. The molecule has 0 aliphatic rings. The van der Waals surface area contributed by atoms with Gasteiger partial charge in [0, 0.05) is 18.0 Å². The van der Waals surface area contributed by atoms with Crippen LogP contribution in [-0.4, -0.2) is 10.5 Å². The van der Waals surface area contributed by atoms with Gasteiger partial charge >= 0.3 is 6.18 Å². The molecule has 0 amide bonds. The first kappa shape index (κ1) is 11.7. The van der Waals surface area contributed by atoms with Crippen LogP contribution in [0, 0.1) is 6.92 Å². The van der Waals surface area contributed by atoms with E-state index in [2.05, 4.69) is 0 Å². The van der Waals surface area contributed by atoms with Crippen LogP contribution in [-0.2, 0) is 6.18 Å². The summed E-state index contributed by atoms with van der Waals surface area (Å²) in [7, 11) is 0. The van der Waals surface area contributed by atoms with Gasteiger partial charge < -0.3 is 0 Å². The Morgan fingerprint density at radius 3 is 2.41 bits per heavy atom. The molecule has 90 valence electrons. The summed E-state index contributed by atoms with van der Waals surface area (Å²) in [6, 6.07) is 4.95. The summed E-state index contributed by atoms with van der Waals surface area (Å²) < 4.78 is 38.9. The standard InChI is InChI=1S/C12H10F3NO/c1-7-5-9-6-10(12(13,14)15)3-4-11(9)16(7)8(2)17/h3-6H,1-2H3. The van der Waals surface area contributed by atoms with Crippen molar-refractivity contribution in [2.45, 2.75) is 20.0 Å². The molecular weight excluding hydrogens is 231 g/mol. The quantitative estimate of drug-likeness (QED) is 0.690. The lowest BCUT2D eigenvalue weighted by atomic mass is 10.1. The lowest BCUT2D eigenvalue weighted by molar-refractivity contribution is -0.137. The monoisotopic (exact) mass is 241 g/mol. The molecule has 0 bridgehead atoms. The van der Waals surface area contributed by atoms with Gasteiger partial charge in [-0.2, -0.15) is 13.2 Å². The van der Waals surface area contributed by atoms with Crippen molar-refractivity contribution in [1.82, 2.24) is 4.57 Å². The van der Waals surface area contributed by atoms with E-state index >= 15 is 0 Å². The van der Waals surface area contributed by atoms with Gasteiger partial charge in [-0.3, -0.25) is 9.36 Å². The third-order valence-corrected chi connectivity index (χ3v) is 2.63.